The number of aromatic nitrogens is 4. The molecule has 1 N–H and O–H groups in total. The molecule has 6 heteroatoms. The van der Waals surface area contributed by atoms with E-state index < -0.39 is 0 Å². The van der Waals surface area contributed by atoms with Crippen molar-refractivity contribution < 1.29 is 4.74 Å². The quantitative estimate of drug-likeness (QED) is 0.585. The van der Waals surface area contributed by atoms with Crippen molar-refractivity contribution >= 4 is 22.5 Å². The highest BCUT2D eigenvalue weighted by atomic mass is 16.5. The summed E-state index contributed by atoms with van der Waals surface area (Å²) in [5.41, 5.74) is 2.67. The third-order valence-corrected chi connectivity index (χ3v) is 3.97. The summed E-state index contributed by atoms with van der Waals surface area (Å²) in [6, 6.07) is 17.8. The Labute approximate surface area is 151 Å². The molecule has 0 unspecified atom stereocenters. The van der Waals surface area contributed by atoms with E-state index in [0.717, 1.165) is 34.0 Å². The molecular weight excluding hydrogens is 326 g/mol. The molecule has 130 valence electrons. The highest BCUT2D eigenvalue weighted by Gasteiger charge is 2.13. The van der Waals surface area contributed by atoms with Crippen LogP contribution in [0.1, 0.15) is 12.7 Å². The molecule has 2 aromatic heterocycles. The molecule has 4 rings (SSSR count). The van der Waals surface area contributed by atoms with E-state index in [9.17, 15) is 0 Å². The van der Waals surface area contributed by atoms with Gasteiger partial charge in [0.05, 0.1) is 23.9 Å². The Morgan fingerprint density at radius 3 is 2.50 bits per heavy atom. The first kappa shape index (κ1) is 16.1. The average Bonchev–Trinajstić information content (AvgIpc) is 3.08. The fraction of sp³-hybridized carbons (Fsp3) is 0.150. The van der Waals surface area contributed by atoms with Crippen LogP contribution in [0.5, 0.6) is 5.75 Å². The van der Waals surface area contributed by atoms with Crippen LogP contribution in [-0.4, -0.2) is 26.4 Å². The zero-order valence-corrected chi connectivity index (χ0v) is 14.7. The summed E-state index contributed by atoms with van der Waals surface area (Å²) in [6.07, 6.45) is 1.79. The Bertz CT molecular complexity index is 1030. The van der Waals surface area contributed by atoms with Crippen LogP contribution in [0.25, 0.3) is 16.7 Å². The van der Waals surface area contributed by atoms with Gasteiger partial charge in [-0.2, -0.15) is 5.10 Å². The topological polar surface area (TPSA) is 64.9 Å². The van der Waals surface area contributed by atoms with Crippen LogP contribution < -0.4 is 10.1 Å². The van der Waals surface area contributed by atoms with E-state index in [2.05, 4.69) is 20.4 Å². The second-order valence-corrected chi connectivity index (χ2v) is 5.83. The number of benzene rings is 2. The maximum Gasteiger partial charge on any atom is 0.168 e. The average molecular weight is 345 g/mol. The minimum Gasteiger partial charge on any atom is -0.494 e. The van der Waals surface area contributed by atoms with Gasteiger partial charge in [-0.05, 0) is 50.2 Å². The second kappa shape index (κ2) is 6.84. The van der Waals surface area contributed by atoms with Gasteiger partial charge in [-0.25, -0.2) is 14.6 Å². The molecule has 0 radical (unpaired) electrons. The lowest BCUT2D eigenvalue weighted by atomic mass is 10.3. The molecule has 4 aromatic rings. The third-order valence-electron chi connectivity index (χ3n) is 3.97. The smallest absolute Gasteiger partial charge is 0.168 e. The summed E-state index contributed by atoms with van der Waals surface area (Å²) < 4.78 is 7.31. The molecule has 0 aliphatic rings. The molecule has 2 aromatic carbocycles. The lowest BCUT2D eigenvalue weighted by molar-refractivity contribution is 0.340. The van der Waals surface area contributed by atoms with Gasteiger partial charge in [0.15, 0.2) is 5.65 Å². The lowest BCUT2D eigenvalue weighted by Gasteiger charge is -2.09. The number of rotatable bonds is 5. The standard InChI is InChI=1S/C20H19N5O/c1-3-26-17-11-9-15(10-12-17)24-19-18-13-21-25(16-7-5-4-6-8-16)20(18)23-14(2)22-19/h4-13H,3H2,1-2H3,(H,22,23,24). The summed E-state index contributed by atoms with van der Waals surface area (Å²) in [6.45, 7) is 4.50. The van der Waals surface area contributed by atoms with Crippen LogP contribution in [-0.2, 0) is 0 Å². The van der Waals surface area contributed by atoms with Gasteiger partial charge in [0.25, 0.3) is 0 Å². The number of hydrogen-bond acceptors (Lipinski definition) is 5. The number of aryl methyl sites for hydroxylation is 1. The number of fused-ring (bicyclic) bond motifs is 1. The summed E-state index contributed by atoms with van der Waals surface area (Å²) in [5.74, 6) is 2.27. The Hall–Kier alpha value is -3.41. The Kier molecular flexibility index (Phi) is 4.23. The predicted molar refractivity (Wildman–Crippen MR) is 102 cm³/mol. The van der Waals surface area contributed by atoms with Gasteiger partial charge in [0.1, 0.15) is 17.4 Å². The van der Waals surface area contributed by atoms with Crippen molar-refractivity contribution in [2.75, 3.05) is 11.9 Å². The summed E-state index contributed by atoms with van der Waals surface area (Å²) >= 11 is 0. The molecule has 0 bridgehead atoms. The van der Waals surface area contributed by atoms with Crippen LogP contribution in [0.2, 0.25) is 0 Å². The fourth-order valence-electron chi connectivity index (χ4n) is 2.81. The predicted octanol–water partition coefficient (Wildman–Crippen LogP) is 4.27. The minimum absolute atomic E-state index is 0.650. The summed E-state index contributed by atoms with van der Waals surface area (Å²) in [7, 11) is 0. The van der Waals surface area contributed by atoms with E-state index in [4.69, 9.17) is 4.74 Å². The zero-order valence-electron chi connectivity index (χ0n) is 14.7. The van der Waals surface area contributed by atoms with Gasteiger partial charge >= 0.3 is 0 Å². The Morgan fingerprint density at radius 2 is 1.77 bits per heavy atom. The van der Waals surface area contributed by atoms with Gasteiger partial charge in [-0.3, -0.25) is 0 Å². The number of ether oxygens (including phenoxy) is 1. The minimum atomic E-state index is 0.650. The summed E-state index contributed by atoms with van der Waals surface area (Å²) in [4.78, 5) is 9.14. The maximum absolute atomic E-state index is 5.49. The van der Waals surface area contributed by atoms with Crippen molar-refractivity contribution in [2.45, 2.75) is 13.8 Å². The first-order valence-electron chi connectivity index (χ1n) is 8.52. The van der Waals surface area contributed by atoms with Gasteiger partial charge in [0.2, 0.25) is 0 Å². The van der Waals surface area contributed by atoms with Crippen LogP contribution in [0.15, 0.2) is 60.8 Å². The Morgan fingerprint density at radius 1 is 1.00 bits per heavy atom. The normalized spacial score (nSPS) is 10.8. The zero-order chi connectivity index (χ0) is 17.9. The molecule has 0 amide bonds. The molecule has 0 atom stereocenters. The largest absolute Gasteiger partial charge is 0.494 e. The van der Waals surface area contributed by atoms with Crippen molar-refractivity contribution in [1.29, 1.82) is 0 Å². The molecule has 0 saturated carbocycles. The van der Waals surface area contributed by atoms with Gasteiger partial charge in [-0.1, -0.05) is 18.2 Å². The van der Waals surface area contributed by atoms with Crippen molar-refractivity contribution in [3.05, 3.63) is 66.6 Å². The molecule has 0 spiro atoms. The van der Waals surface area contributed by atoms with Crippen LogP contribution in [0.3, 0.4) is 0 Å². The highest BCUT2D eigenvalue weighted by Crippen LogP contribution is 2.26. The molecule has 2 heterocycles. The Balaban J connectivity index is 1.72. The van der Waals surface area contributed by atoms with Gasteiger partial charge < -0.3 is 10.1 Å². The first-order chi connectivity index (χ1) is 12.7. The van der Waals surface area contributed by atoms with Crippen molar-refractivity contribution in [2.24, 2.45) is 0 Å². The van der Waals surface area contributed by atoms with Gasteiger partial charge in [-0.15, -0.1) is 0 Å². The van der Waals surface area contributed by atoms with E-state index in [0.29, 0.717) is 12.4 Å². The molecule has 0 fully saturated rings. The van der Waals surface area contributed by atoms with Crippen molar-refractivity contribution in [3.63, 3.8) is 0 Å². The molecule has 0 saturated heterocycles. The van der Waals surface area contributed by atoms with Crippen molar-refractivity contribution in [3.8, 4) is 11.4 Å². The number of anilines is 2. The van der Waals surface area contributed by atoms with E-state index >= 15 is 0 Å². The molecule has 26 heavy (non-hydrogen) atoms. The van der Waals surface area contributed by atoms with E-state index in [1.165, 1.54) is 0 Å². The van der Waals surface area contributed by atoms with E-state index in [1.807, 2.05) is 73.1 Å². The second-order valence-electron chi connectivity index (χ2n) is 5.83. The number of para-hydroxylation sites is 1. The SMILES string of the molecule is CCOc1ccc(Nc2nc(C)nc3c2cnn3-c2ccccc2)cc1. The van der Waals surface area contributed by atoms with Crippen LogP contribution in [0, 0.1) is 6.92 Å². The van der Waals surface area contributed by atoms with E-state index in [-0.39, 0.29) is 0 Å². The van der Waals surface area contributed by atoms with Crippen LogP contribution >= 0.6 is 0 Å². The highest BCUT2D eigenvalue weighted by molar-refractivity contribution is 5.89. The van der Waals surface area contributed by atoms with E-state index in [1.54, 1.807) is 6.20 Å². The number of nitrogens with one attached hydrogen (secondary N) is 1. The first-order valence-corrected chi connectivity index (χ1v) is 8.52. The van der Waals surface area contributed by atoms with Crippen molar-refractivity contribution in [1.82, 2.24) is 19.7 Å². The monoisotopic (exact) mass is 345 g/mol. The third kappa shape index (κ3) is 3.09. The van der Waals surface area contributed by atoms with Gasteiger partial charge in [0, 0.05) is 5.69 Å². The lowest BCUT2D eigenvalue weighted by Crippen LogP contribution is -2.02. The molecule has 0 aliphatic heterocycles. The number of nitrogens with zero attached hydrogens (tertiary/aromatic N) is 4. The van der Waals surface area contributed by atoms with Crippen LogP contribution in [0.4, 0.5) is 11.5 Å². The maximum atomic E-state index is 5.49. The molecule has 0 aliphatic carbocycles. The number of hydrogen-bond donors (Lipinski definition) is 1. The summed E-state index contributed by atoms with van der Waals surface area (Å²) in [5, 5.41) is 8.73. The fourth-order valence-corrected chi connectivity index (χ4v) is 2.81. The molecular formula is C20H19N5O. The molecule has 6 nitrogen and oxygen atoms in total.